The Morgan fingerprint density at radius 3 is 2.36 bits per heavy atom. The predicted octanol–water partition coefficient (Wildman–Crippen LogP) is 4.23. The molecule has 0 saturated heterocycles. The Balaban J connectivity index is 1.99. The fourth-order valence-electron chi connectivity index (χ4n) is 3.15. The minimum absolute atomic E-state index is 0.0642. The lowest BCUT2D eigenvalue weighted by Crippen LogP contribution is -2.49. The van der Waals surface area contributed by atoms with E-state index in [2.05, 4.69) is 10.1 Å². The quantitative estimate of drug-likeness (QED) is 0.436. The molecule has 1 amide bonds. The molecule has 9 nitrogen and oxygen atoms in total. The Kier molecular flexibility index (Phi) is 7.39. The molecule has 0 fully saturated rings. The van der Waals surface area contributed by atoms with Gasteiger partial charge in [0.15, 0.2) is 0 Å². The first-order valence-electron chi connectivity index (χ1n) is 10.4. The average molecular weight is 534 g/mol. The standard InChI is InChI=1S/C22H22F4N2O7S/c1-13(29)33-11-16-12-34-19-9-6-15(27-20(30)35-21(2,3)22(24,25)26)10-18(19)28(16)36(31,32)17-7-4-14(23)5-8-17/h4-10,16H,11-12H2,1-3H3,(H,27,30). The number of halogens is 4. The molecular formula is C22H22F4N2O7S. The van der Waals surface area contributed by atoms with Gasteiger partial charge >= 0.3 is 18.2 Å². The number of carbonyl (C=O) groups excluding carboxylic acids is 2. The van der Waals surface area contributed by atoms with E-state index < -0.39 is 52.3 Å². The Morgan fingerprint density at radius 1 is 1.14 bits per heavy atom. The zero-order valence-electron chi connectivity index (χ0n) is 19.3. The molecule has 3 rings (SSSR count). The number of nitrogens with zero attached hydrogens (tertiary/aromatic N) is 1. The maximum absolute atomic E-state index is 13.5. The van der Waals surface area contributed by atoms with Crippen LogP contribution >= 0.6 is 0 Å². The van der Waals surface area contributed by atoms with Gasteiger partial charge in [-0.2, -0.15) is 13.2 Å². The molecule has 1 unspecified atom stereocenters. The summed E-state index contributed by atoms with van der Waals surface area (Å²) in [6.45, 7) is 1.87. The molecule has 1 aliphatic heterocycles. The van der Waals surface area contributed by atoms with Crippen LogP contribution in [0.3, 0.4) is 0 Å². The SMILES string of the molecule is CC(=O)OCC1COc2ccc(NC(=O)OC(C)(C)C(F)(F)F)cc2N1S(=O)(=O)c1ccc(F)cc1. The first-order chi connectivity index (χ1) is 16.6. The molecule has 196 valence electrons. The molecule has 1 atom stereocenters. The summed E-state index contributed by atoms with van der Waals surface area (Å²) in [5.74, 6) is -1.28. The number of ether oxygens (including phenoxy) is 3. The van der Waals surface area contributed by atoms with Crippen LogP contribution in [0.1, 0.15) is 20.8 Å². The molecule has 0 bridgehead atoms. The van der Waals surface area contributed by atoms with Crippen molar-refractivity contribution >= 4 is 33.5 Å². The van der Waals surface area contributed by atoms with E-state index in [1.807, 2.05) is 0 Å². The van der Waals surface area contributed by atoms with Gasteiger partial charge in [0, 0.05) is 12.6 Å². The second kappa shape index (κ2) is 9.84. The summed E-state index contributed by atoms with van der Waals surface area (Å²) < 4.78 is 95.5. The fourth-order valence-corrected chi connectivity index (χ4v) is 4.77. The minimum atomic E-state index is -4.84. The molecule has 0 aliphatic carbocycles. The third-order valence-corrected chi connectivity index (χ3v) is 6.97. The zero-order valence-corrected chi connectivity index (χ0v) is 20.1. The summed E-state index contributed by atoms with van der Waals surface area (Å²) in [5, 5.41) is 2.13. The van der Waals surface area contributed by atoms with Crippen LogP contribution in [0.15, 0.2) is 47.4 Å². The van der Waals surface area contributed by atoms with E-state index in [-0.39, 0.29) is 28.6 Å². The highest BCUT2D eigenvalue weighted by atomic mass is 32.2. The molecule has 36 heavy (non-hydrogen) atoms. The lowest BCUT2D eigenvalue weighted by molar-refractivity contribution is -0.242. The number of esters is 1. The van der Waals surface area contributed by atoms with Crippen LogP contribution in [0.25, 0.3) is 0 Å². The van der Waals surface area contributed by atoms with Crippen molar-refractivity contribution in [2.24, 2.45) is 0 Å². The number of fused-ring (bicyclic) bond motifs is 1. The lowest BCUT2D eigenvalue weighted by Gasteiger charge is -2.37. The number of hydrogen-bond donors (Lipinski definition) is 1. The van der Waals surface area contributed by atoms with Crippen LogP contribution in [-0.2, 0) is 24.3 Å². The lowest BCUT2D eigenvalue weighted by atomic mass is 10.1. The average Bonchev–Trinajstić information content (AvgIpc) is 2.76. The number of rotatable bonds is 6. The smallest absolute Gasteiger partial charge is 0.427 e. The molecule has 1 N–H and O–H groups in total. The molecule has 2 aromatic rings. The van der Waals surface area contributed by atoms with Crippen molar-refractivity contribution in [3.05, 3.63) is 48.3 Å². The molecule has 1 aliphatic rings. The number of anilines is 2. The maximum Gasteiger partial charge on any atom is 0.427 e. The maximum atomic E-state index is 13.5. The Hall–Kier alpha value is -3.55. The van der Waals surface area contributed by atoms with Crippen molar-refractivity contribution in [2.45, 2.75) is 43.5 Å². The van der Waals surface area contributed by atoms with Gasteiger partial charge in [0.25, 0.3) is 10.0 Å². The van der Waals surface area contributed by atoms with E-state index in [4.69, 9.17) is 9.47 Å². The van der Waals surface area contributed by atoms with Crippen LogP contribution in [0.5, 0.6) is 5.75 Å². The van der Waals surface area contributed by atoms with Crippen LogP contribution in [-0.4, -0.2) is 51.5 Å². The third-order valence-electron chi connectivity index (χ3n) is 5.09. The Morgan fingerprint density at radius 2 is 1.78 bits per heavy atom. The van der Waals surface area contributed by atoms with Crippen LogP contribution in [0, 0.1) is 5.82 Å². The van der Waals surface area contributed by atoms with E-state index in [1.54, 1.807) is 0 Å². The number of benzene rings is 2. The van der Waals surface area contributed by atoms with E-state index in [0.717, 1.165) is 41.6 Å². The number of amides is 1. The van der Waals surface area contributed by atoms with Crippen LogP contribution < -0.4 is 14.4 Å². The molecule has 0 saturated carbocycles. The third kappa shape index (κ3) is 5.80. The van der Waals surface area contributed by atoms with Crippen LogP contribution in [0.2, 0.25) is 0 Å². The van der Waals surface area contributed by atoms with Gasteiger partial charge < -0.3 is 14.2 Å². The van der Waals surface area contributed by atoms with Gasteiger partial charge in [-0.1, -0.05) is 0 Å². The summed E-state index contributed by atoms with van der Waals surface area (Å²) in [4.78, 5) is 23.2. The highest BCUT2D eigenvalue weighted by Crippen LogP contribution is 2.40. The van der Waals surface area contributed by atoms with E-state index in [0.29, 0.717) is 13.8 Å². The van der Waals surface area contributed by atoms with Gasteiger partial charge in [0.2, 0.25) is 5.60 Å². The number of nitrogens with one attached hydrogen (secondary N) is 1. The van der Waals surface area contributed by atoms with Crippen molar-refractivity contribution in [2.75, 3.05) is 22.8 Å². The molecule has 0 spiro atoms. The topological polar surface area (TPSA) is 111 Å². The van der Waals surface area contributed by atoms with E-state index >= 15 is 0 Å². The fraction of sp³-hybridized carbons (Fsp3) is 0.364. The van der Waals surface area contributed by atoms with Crippen molar-refractivity contribution in [3.8, 4) is 5.75 Å². The molecule has 2 aromatic carbocycles. The minimum Gasteiger partial charge on any atom is -0.489 e. The second-order valence-corrected chi connectivity index (χ2v) is 10.0. The molecule has 0 aromatic heterocycles. The summed E-state index contributed by atoms with van der Waals surface area (Å²) >= 11 is 0. The highest BCUT2D eigenvalue weighted by molar-refractivity contribution is 7.92. The van der Waals surface area contributed by atoms with E-state index in [1.165, 1.54) is 12.1 Å². The van der Waals surface area contributed by atoms with Gasteiger partial charge in [0.1, 0.15) is 30.8 Å². The number of hydrogen-bond acceptors (Lipinski definition) is 7. The van der Waals surface area contributed by atoms with Crippen LogP contribution in [0.4, 0.5) is 33.7 Å². The molecule has 0 radical (unpaired) electrons. The Labute approximate surface area is 204 Å². The van der Waals surface area contributed by atoms with Gasteiger partial charge in [-0.05, 0) is 56.3 Å². The number of alkyl halides is 3. The summed E-state index contributed by atoms with van der Waals surface area (Å²) in [7, 11) is -4.38. The summed E-state index contributed by atoms with van der Waals surface area (Å²) in [5.41, 5.74) is -3.00. The predicted molar refractivity (Wildman–Crippen MR) is 119 cm³/mol. The Bertz CT molecular complexity index is 1250. The summed E-state index contributed by atoms with van der Waals surface area (Å²) in [6.07, 6.45) is -6.27. The van der Waals surface area contributed by atoms with Crippen molar-refractivity contribution in [3.63, 3.8) is 0 Å². The number of sulfonamides is 1. The monoisotopic (exact) mass is 534 g/mol. The van der Waals surface area contributed by atoms with Crippen molar-refractivity contribution in [1.82, 2.24) is 0 Å². The molecule has 1 heterocycles. The van der Waals surface area contributed by atoms with Gasteiger partial charge in [-0.25, -0.2) is 17.6 Å². The normalized spacial score (nSPS) is 16.0. The number of carbonyl (C=O) groups is 2. The molecular weight excluding hydrogens is 512 g/mol. The highest BCUT2D eigenvalue weighted by Gasteiger charge is 2.51. The largest absolute Gasteiger partial charge is 0.489 e. The van der Waals surface area contributed by atoms with E-state index in [9.17, 15) is 35.6 Å². The second-order valence-electron chi connectivity index (χ2n) is 8.23. The van der Waals surface area contributed by atoms with Gasteiger partial charge in [-0.3, -0.25) is 14.4 Å². The molecule has 14 heteroatoms. The zero-order chi connectivity index (χ0) is 26.9. The van der Waals surface area contributed by atoms with Gasteiger partial charge in [-0.15, -0.1) is 0 Å². The van der Waals surface area contributed by atoms with Gasteiger partial charge in [0.05, 0.1) is 10.6 Å². The van der Waals surface area contributed by atoms with Crippen molar-refractivity contribution < 1.29 is 49.8 Å². The van der Waals surface area contributed by atoms with Crippen molar-refractivity contribution in [1.29, 1.82) is 0 Å². The first kappa shape index (κ1) is 27.0. The first-order valence-corrected chi connectivity index (χ1v) is 11.8. The summed E-state index contributed by atoms with van der Waals surface area (Å²) in [6, 6.07) is 6.66.